The highest BCUT2D eigenvalue weighted by Gasteiger charge is 2.26. The number of nitrogens with zero attached hydrogens (tertiary/aromatic N) is 1. The van der Waals surface area contributed by atoms with E-state index in [1.165, 1.54) is 12.3 Å². The number of rotatable bonds is 2. The molecule has 1 aromatic heterocycles. The molecule has 0 saturated carbocycles. The van der Waals surface area contributed by atoms with Gasteiger partial charge in [0.1, 0.15) is 5.56 Å². The summed E-state index contributed by atoms with van der Waals surface area (Å²) in [5.41, 5.74) is 0.845. The highest BCUT2D eigenvalue weighted by Crippen LogP contribution is 2.20. The van der Waals surface area contributed by atoms with Crippen LogP contribution in [0, 0.1) is 12.8 Å². The SMILES string of the molecule is CCC1CCN(C(=O)c2c[nH]c(C)cc2=O)C1. The third-order valence-electron chi connectivity index (χ3n) is 3.44. The molecule has 2 heterocycles. The molecule has 1 aliphatic heterocycles. The second kappa shape index (κ2) is 4.73. The first kappa shape index (κ1) is 11.9. The van der Waals surface area contributed by atoms with Crippen molar-refractivity contribution in [2.45, 2.75) is 26.7 Å². The number of amides is 1. The van der Waals surface area contributed by atoms with E-state index in [1.807, 2.05) is 0 Å². The van der Waals surface area contributed by atoms with Crippen molar-refractivity contribution in [3.63, 3.8) is 0 Å². The van der Waals surface area contributed by atoms with Crippen LogP contribution in [0.3, 0.4) is 0 Å². The Morgan fingerprint density at radius 2 is 2.35 bits per heavy atom. The molecule has 0 aromatic carbocycles. The van der Waals surface area contributed by atoms with Crippen molar-refractivity contribution < 1.29 is 4.79 Å². The summed E-state index contributed by atoms with van der Waals surface area (Å²) in [5, 5.41) is 0. The third-order valence-corrected chi connectivity index (χ3v) is 3.44. The molecule has 1 N–H and O–H groups in total. The highest BCUT2D eigenvalue weighted by molar-refractivity contribution is 5.94. The van der Waals surface area contributed by atoms with Gasteiger partial charge in [0.05, 0.1) is 0 Å². The summed E-state index contributed by atoms with van der Waals surface area (Å²) in [5.74, 6) is 0.450. The molecule has 0 aliphatic carbocycles. The molecule has 1 unspecified atom stereocenters. The standard InChI is InChI=1S/C13H18N2O2/c1-3-10-4-5-15(8-10)13(17)11-7-14-9(2)6-12(11)16/h6-7,10H,3-5,8H2,1-2H3,(H,14,16). The molecule has 17 heavy (non-hydrogen) atoms. The first-order valence-corrected chi connectivity index (χ1v) is 6.10. The van der Waals surface area contributed by atoms with Gasteiger partial charge in [0.15, 0.2) is 5.43 Å². The first-order valence-electron chi connectivity index (χ1n) is 6.10. The molecule has 1 fully saturated rings. The van der Waals surface area contributed by atoms with Crippen LogP contribution in [-0.2, 0) is 0 Å². The smallest absolute Gasteiger partial charge is 0.259 e. The fourth-order valence-electron chi connectivity index (χ4n) is 2.26. The van der Waals surface area contributed by atoms with Gasteiger partial charge >= 0.3 is 0 Å². The number of nitrogens with one attached hydrogen (secondary N) is 1. The minimum atomic E-state index is -0.189. The minimum Gasteiger partial charge on any atom is -0.364 e. The number of aromatic nitrogens is 1. The molecule has 4 heteroatoms. The maximum atomic E-state index is 12.1. The van der Waals surface area contributed by atoms with Crippen LogP contribution in [0.15, 0.2) is 17.1 Å². The van der Waals surface area contributed by atoms with E-state index in [-0.39, 0.29) is 16.9 Å². The zero-order valence-corrected chi connectivity index (χ0v) is 10.3. The molecule has 1 atom stereocenters. The van der Waals surface area contributed by atoms with Gasteiger partial charge in [0, 0.05) is 31.0 Å². The number of H-pyrrole nitrogens is 1. The van der Waals surface area contributed by atoms with E-state index in [4.69, 9.17) is 0 Å². The number of carbonyl (C=O) groups excluding carboxylic acids is 1. The van der Waals surface area contributed by atoms with Crippen LogP contribution in [0.25, 0.3) is 0 Å². The first-order chi connectivity index (χ1) is 8.11. The van der Waals surface area contributed by atoms with Crippen molar-refractivity contribution in [2.24, 2.45) is 5.92 Å². The largest absolute Gasteiger partial charge is 0.364 e. The van der Waals surface area contributed by atoms with Crippen molar-refractivity contribution in [1.82, 2.24) is 9.88 Å². The Morgan fingerprint density at radius 3 is 2.94 bits per heavy atom. The predicted molar refractivity (Wildman–Crippen MR) is 66.1 cm³/mol. The van der Waals surface area contributed by atoms with Crippen LogP contribution in [0.1, 0.15) is 35.8 Å². The average molecular weight is 234 g/mol. The van der Waals surface area contributed by atoms with E-state index in [9.17, 15) is 9.59 Å². The fraction of sp³-hybridized carbons (Fsp3) is 0.538. The summed E-state index contributed by atoms with van der Waals surface area (Å²) < 4.78 is 0. The van der Waals surface area contributed by atoms with Crippen LogP contribution < -0.4 is 5.43 Å². The van der Waals surface area contributed by atoms with Crippen molar-refractivity contribution in [3.8, 4) is 0 Å². The van der Waals surface area contributed by atoms with Crippen molar-refractivity contribution in [2.75, 3.05) is 13.1 Å². The lowest BCUT2D eigenvalue weighted by Gasteiger charge is -2.15. The molecular weight excluding hydrogens is 216 g/mol. The zero-order chi connectivity index (χ0) is 12.4. The van der Waals surface area contributed by atoms with E-state index < -0.39 is 0 Å². The number of pyridine rings is 1. The average Bonchev–Trinajstić information content (AvgIpc) is 2.76. The Balaban J connectivity index is 2.18. The monoisotopic (exact) mass is 234 g/mol. The van der Waals surface area contributed by atoms with E-state index in [1.54, 1.807) is 11.8 Å². The van der Waals surface area contributed by atoms with Gasteiger partial charge in [-0.05, 0) is 19.3 Å². The lowest BCUT2D eigenvalue weighted by atomic mass is 10.1. The molecule has 0 spiro atoms. The summed E-state index contributed by atoms with van der Waals surface area (Å²) in [6.45, 7) is 5.49. The number of aromatic amines is 1. The lowest BCUT2D eigenvalue weighted by Crippen LogP contribution is -2.32. The van der Waals surface area contributed by atoms with Gasteiger partial charge in [0.25, 0.3) is 5.91 Å². The Kier molecular flexibility index (Phi) is 3.31. The Hall–Kier alpha value is -1.58. The predicted octanol–water partition coefficient (Wildman–Crippen LogP) is 1.56. The van der Waals surface area contributed by atoms with Crippen LogP contribution in [0.5, 0.6) is 0 Å². The van der Waals surface area contributed by atoms with Crippen LogP contribution in [0.4, 0.5) is 0 Å². The molecule has 0 bridgehead atoms. The van der Waals surface area contributed by atoms with Gasteiger partial charge in [0.2, 0.25) is 0 Å². The van der Waals surface area contributed by atoms with E-state index in [0.29, 0.717) is 5.92 Å². The van der Waals surface area contributed by atoms with Gasteiger partial charge in [-0.25, -0.2) is 0 Å². The number of hydrogen-bond acceptors (Lipinski definition) is 2. The number of aryl methyl sites for hydroxylation is 1. The molecule has 1 aliphatic rings. The quantitative estimate of drug-likeness (QED) is 0.844. The topological polar surface area (TPSA) is 53.2 Å². The van der Waals surface area contributed by atoms with Crippen LogP contribution in [0.2, 0.25) is 0 Å². The number of carbonyl (C=O) groups is 1. The number of hydrogen-bond donors (Lipinski definition) is 1. The van der Waals surface area contributed by atoms with Gasteiger partial charge in [-0.2, -0.15) is 0 Å². The number of likely N-dealkylation sites (tertiary alicyclic amines) is 1. The van der Waals surface area contributed by atoms with Gasteiger partial charge in [-0.15, -0.1) is 0 Å². The Labute approximate surface area is 101 Å². The van der Waals surface area contributed by atoms with Crippen LogP contribution in [-0.4, -0.2) is 28.9 Å². The normalized spacial score (nSPS) is 19.6. The van der Waals surface area contributed by atoms with Gasteiger partial charge in [-0.1, -0.05) is 13.3 Å². The Bertz CT molecular complexity index is 479. The summed E-state index contributed by atoms with van der Waals surface area (Å²) in [4.78, 5) is 28.6. The third kappa shape index (κ3) is 2.40. The summed E-state index contributed by atoms with van der Waals surface area (Å²) in [7, 11) is 0. The lowest BCUT2D eigenvalue weighted by molar-refractivity contribution is 0.0785. The second-order valence-corrected chi connectivity index (χ2v) is 4.71. The molecule has 92 valence electrons. The summed E-state index contributed by atoms with van der Waals surface area (Å²) in [6, 6.07) is 1.47. The van der Waals surface area contributed by atoms with E-state index in [0.717, 1.165) is 31.6 Å². The Morgan fingerprint density at radius 1 is 1.59 bits per heavy atom. The summed E-state index contributed by atoms with van der Waals surface area (Å²) in [6.07, 6.45) is 3.67. The van der Waals surface area contributed by atoms with Crippen molar-refractivity contribution in [3.05, 3.63) is 33.7 Å². The summed E-state index contributed by atoms with van der Waals surface area (Å²) >= 11 is 0. The van der Waals surface area contributed by atoms with Crippen molar-refractivity contribution in [1.29, 1.82) is 0 Å². The maximum Gasteiger partial charge on any atom is 0.259 e. The zero-order valence-electron chi connectivity index (χ0n) is 10.3. The molecule has 1 aromatic rings. The minimum absolute atomic E-state index is 0.137. The molecular formula is C13H18N2O2. The molecule has 1 saturated heterocycles. The van der Waals surface area contributed by atoms with Gasteiger partial charge in [-0.3, -0.25) is 9.59 Å². The van der Waals surface area contributed by atoms with E-state index >= 15 is 0 Å². The molecule has 0 radical (unpaired) electrons. The van der Waals surface area contributed by atoms with E-state index in [2.05, 4.69) is 11.9 Å². The molecule has 4 nitrogen and oxygen atoms in total. The molecule has 1 amide bonds. The maximum absolute atomic E-state index is 12.1. The fourth-order valence-corrected chi connectivity index (χ4v) is 2.26. The second-order valence-electron chi connectivity index (χ2n) is 4.71. The van der Waals surface area contributed by atoms with Crippen molar-refractivity contribution >= 4 is 5.91 Å². The van der Waals surface area contributed by atoms with Gasteiger partial charge < -0.3 is 9.88 Å². The molecule has 2 rings (SSSR count). The van der Waals surface area contributed by atoms with Crippen LogP contribution >= 0.6 is 0 Å². The highest BCUT2D eigenvalue weighted by atomic mass is 16.2.